The number of nitrogens with zero attached hydrogens (tertiary/aromatic N) is 2. The summed E-state index contributed by atoms with van der Waals surface area (Å²) in [6.45, 7) is 3.39. The number of rotatable bonds is 9. The lowest BCUT2D eigenvalue weighted by Gasteiger charge is -2.16. The minimum Gasteiger partial charge on any atom is -0.467 e. The Bertz CT molecular complexity index is 1140. The topological polar surface area (TPSA) is 99.5 Å². The highest BCUT2D eigenvalue weighted by Gasteiger charge is 2.22. The van der Waals surface area contributed by atoms with Crippen LogP contribution in [0.4, 0.5) is 0 Å². The maximum atomic E-state index is 12.2. The zero-order chi connectivity index (χ0) is 23.8. The van der Waals surface area contributed by atoms with Crippen molar-refractivity contribution in [3.05, 3.63) is 76.6 Å². The fourth-order valence-corrected chi connectivity index (χ4v) is 4.09. The van der Waals surface area contributed by atoms with Gasteiger partial charge in [0.2, 0.25) is 0 Å². The van der Waals surface area contributed by atoms with Crippen LogP contribution in [-0.2, 0) is 30.3 Å². The summed E-state index contributed by atoms with van der Waals surface area (Å²) in [7, 11) is 1.25. The van der Waals surface area contributed by atoms with Crippen LogP contribution in [0.25, 0.3) is 11.2 Å². The Morgan fingerprint density at radius 1 is 1.21 bits per heavy atom. The number of hydrogen-bond donors (Lipinski definition) is 1. The zero-order valence-electron chi connectivity index (χ0n) is 18.6. The maximum Gasteiger partial charge on any atom is 0.331 e. The van der Waals surface area contributed by atoms with Crippen LogP contribution in [0.3, 0.4) is 0 Å². The Morgan fingerprint density at radius 2 is 1.97 bits per heavy atom. The Labute approximate surface area is 195 Å². The second-order valence-corrected chi connectivity index (χ2v) is 8.12. The van der Waals surface area contributed by atoms with Crippen molar-refractivity contribution in [3.63, 3.8) is 0 Å². The standard InChI is InChI=1S/C24H25N3O5S/c1-16-13-19(17(2)27(16)24-25-11-12-33-24)9-10-22(29)32-15-21(28)26-20(23(30)31-3)14-18-7-5-4-6-8-18/h4-13,20H,14-15H2,1-3H3,(H,26,28)/b10-9+. The zero-order valence-corrected chi connectivity index (χ0v) is 19.4. The van der Waals surface area contributed by atoms with Crippen molar-refractivity contribution in [2.75, 3.05) is 13.7 Å². The maximum absolute atomic E-state index is 12.2. The van der Waals surface area contributed by atoms with E-state index in [9.17, 15) is 14.4 Å². The van der Waals surface area contributed by atoms with E-state index in [-0.39, 0.29) is 6.42 Å². The molecule has 2 aromatic heterocycles. The van der Waals surface area contributed by atoms with Crippen molar-refractivity contribution < 1.29 is 23.9 Å². The molecule has 0 aliphatic carbocycles. The minimum absolute atomic E-state index is 0.266. The number of thiazole rings is 1. The Morgan fingerprint density at radius 3 is 2.64 bits per heavy atom. The summed E-state index contributed by atoms with van der Waals surface area (Å²) in [6.07, 6.45) is 4.91. The highest BCUT2D eigenvalue weighted by Crippen LogP contribution is 2.23. The van der Waals surface area contributed by atoms with Gasteiger partial charge in [0.25, 0.3) is 5.91 Å². The second kappa shape index (κ2) is 11.2. The van der Waals surface area contributed by atoms with E-state index in [1.165, 1.54) is 24.5 Å². The van der Waals surface area contributed by atoms with Crippen molar-refractivity contribution in [1.29, 1.82) is 0 Å². The fraction of sp³-hybridized carbons (Fsp3) is 0.250. The number of aryl methyl sites for hydroxylation is 1. The average Bonchev–Trinajstić information content (AvgIpc) is 3.43. The summed E-state index contributed by atoms with van der Waals surface area (Å²) in [5.41, 5.74) is 3.63. The summed E-state index contributed by atoms with van der Waals surface area (Å²) in [5.74, 6) is -1.83. The predicted octanol–water partition coefficient (Wildman–Crippen LogP) is 3.01. The normalized spacial score (nSPS) is 11.8. The molecule has 1 aromatic carbocycles. The van der Waals surface area contributed by atoms with Gasteiger partial charge in [-0.05, 0) is 37.1 Å². The van der Waals surface area contributed by atoms with Crippen LogP contribution in [0.5, 0.6) is 0 Å². The van der Waals surface area contributed by atoms with Crippen molar-refractivity contribution in [2.45, 2.75) is 26.3 Å². The third-order valence-corrected chi connectivity index (χ3v) is 5.69. The number of carbonyl (C=O) groups excluding carboxylic acids is 3. The lowest BCUT2D eigenvalue weighted by molar-refractivity contribution is -0.147. The molecule has 9 heteroatoms. The van der Waals surface area contributed by atoms with Gasteiger partial charge in [0.05, 0.1) is 7.11 Å². The number of hydrogen-bond acceptors (Lipinski definition) is 7. The van der Waals surface area contributed by atoms with Gasteiger partial charge in [0.1, 0.15) is 6.04 Å². The molecule has 0 bridgehead atoms. The van der Waals surface area contributed by atoms with Crippen molar-refractivity contribution >= 4 is 35.3 Å². The van der Waals surface area contributed by atoms with E-state index < -0.39 is 30.5 Å². The molecule has 0 fully saturated rings. The van der Waals surface area contributed by atoms with Gasteiger partial charge in [-0.1, -0.05) is 30.3 Å². The highest BCUT2D eigenvalue weighted by atomic mass is 32.1. The Balaban J connectivity index is 1.55. The molecular weight excluding hydrogens is 442 g/mol. The molecule has 1 N–H and O–H groups in total. The molecule has 33 heavy (non-hydrogen) atoms. The third kappa shape index (κ3) is 6.39. The molecule has 0 aliphatic heterocycles. The lowest BCUT2D eigenvalue weighted by Crippen LogP contribution is -2.44. The Kier molecular flexibility index (Phi) is 8.15. The first-order valence-corrected chi connectivity index (χ1v) is 11.1. The Hall–Kier alpha value is -3.72. The third-order valence-electron chi connectivity index (χ3n) is 4.93. The molecule has 1 atom stereocenters. The number of aromatic nitrogens is 2. The van der Waals surface area contributed by atoms with Gasteiger partial charge in [0.15, 0.2) is 11.7 Å². The van der Waals surface area contributed by atoms with Crippen LogP contribution in [0.1, 0.15) is 22.5 Å². The molecule has 8 nitrogen and oxygen atoms in total. The molecule has 0 aliphatic rings. The molecule has 1 amide bonds. The summed E-state index contributed by atoms with van der Waals surface area (Å²) in [4.78, 5) is 40.7. The van der Waals surface area contributed by atoms with Crippen LogP contribution < -0.4 is 5.32 Å². The van der Waals surface area contributed by atoms with E-state index in [1.807, 2.05) is 60.2 Å². The van der Waals surface area contributed by atoms with Gasteiger partial charge in [-0.2, -0.15) is 0 Å². The van der Waals surface area contributed by atoms with E-state index in [0.29, 0.717) is 0 Å². The van der Waals surface area contributed by atoms with Gasteiger partial charge >= 0.3 is 11.9 Å². The molecule has 0 saturated heterocycles. The number of benzene rings is 1. The molecule has 2 heterocycles. The first-order chi connectivity index (χ1) is 15.9. The number of carbonyl (C=O) groups is 3. The van der Waals surface area contributed by atoms with Gasteiger partial charge < -0.3 is 14.8 Å². The van der Waals surface area contributed by atoms with Crippen LogP contribution >= 0.6 is 11.3 Å². The first-order valence-electron chi connectivity index (χ1n) is 10.2. The van der Waals surface area contributed by atoms with Crippen LogP contribution in [-0.4, -0.2) is 47.2 Å². The number of nitrogens with one attached hydrogen (secondary N) is 1. The summed E-state index contributed by atoms with van der Waals surface area (Å²) in [6, 6.07) is 10.3. The van der Waals surface area contributed by atoms with Gasteiger partial charge in [-0.3, -0.25) is 9.36 Å². The largest absolute Gasteiger partial charge is 0.467 e. The molecule has 172 valence electrons. The fourth-order valence-electron chi connectivity index (χ4n) is 3.34. The number of esters is 2. The van der Waals surface area contributed by atoms with E-state index in [1.54, 1.807) is 12.3 Å². The predicted molar refractivity (Wildman–Crippen MR) is 125 cm³/mol. The number of methoxy groups -OCH3 is 1. The SMILES string of the molecule is COC(=O)C(Cc1ccccc1)NC(=O)COC(=O)/C=C/c1cc(C)n(-c2nccs2)c1C. The average molecular weight is 468 g/mol. The lowest BCUT2D eigenvalue weighted by atomic mass is 10.1. The number of amides is 1. The monoisotopic (exact) mass is 467 g/mol. The first kappa shape index (κ1) is 23.9. The molecular formula is C24H25N3O5S. The quantitative estimate of drug-likeness (QED) is 0.384. The van der Waals surface area contributed by atoms with Crippen LogP contribution in [0.2, 0.25) is 0 Å². The summed E-state index contributed by atoms with van der Waals surface area (Å²) < 4.78 is 11.8. The van der Waals surface area contributed by atoms with E-state index in [0.717, 1.165) is 27.6 Å². The second-order valence-electron chi connectivity index (χ2n) is 7.25. The van der Waals surface area contributed by atoms with Crippen LogP contribution in [0, 0.1) is 13.8 Å². The van der Waals surface area contributed by atoms with Gasteiger partial charge in [-0.15, -0.1) is 11.3 Å². The molecule has 3 aromatic rings. The number of ether oxygens (including phenoxy) is 2. The molecule has 1 unspecified atom stereocenters. The summed E-state index contributed by atoms with van der Waals surface area (Å²) in [5, 5.41) is 5.30. The smallest absolute Gasteiger partial charge is 0.331 e. The minimum atomic E-state index is -0.879. The van der Waals surface area contributed by atoms with Crippen molar-refractivity contribution in [3.8, 4) is 5.13 Å². The van der Waals surface area contributed by atoms with E-state index in [4.69, 9.17) is 9.47 Å². The van der Waals surface area contributed by atoms with Gasteiger partial charge in [-0.25, -0.2) is 14.6 Å². The van der Waals surface area contributed by atoms with E-state index >= 15 is 0 Å². The van der Waals surface area contributed by atoms with Gasteiger partial charge in [0, 0.05) is 35.5 Å². The molecule has 0 saturated carbocycles. The van der Waals surface area contributed by atoms with E-state index in [2.05, 4.69) is 10.3 Å². The molecule has 3 rings (SSSR count). The van der Waals surface area contributed by atoms with Crippen molar-refractivity contribution in [1.82, 2.24) is 14.9 Å². The summed E-state index contributed by atoms with van der Waals surface area (Å²) >= 11 is 1.52. The molecule has 0 radical (unpaired) electrons. The van der Waals surface area contributed by atoms with Crippen LogP contribution in [0.15, 0.2) is 54.1 Å². The highest BCUT2D eigenvalue weighted by molar-refractivity contribution is 7.12. The molecule has 0 spiro atoms. The van der Waals surface area contributed by atoms with Crippen molar-refractivity contribution in [2.24, 2.45) is 0 Å².